The molecule has 8 heteroatoms. The van der Waals surface area contributed by atoms with E-state index in [1.165, 1.54) is 15.6 Å². The Bertz CT molecular complexity index is 706. The van der Waals surface area contributed by atoms with E-state index in [9.17, 15) is 8.42 Å². The lowest BCUT2D eigenvalue weighted by atomic mass is 10.3. The number of hydrogen-bond acceptors (Lipinski definition) is 4. The van der Waals surface area contributed by atoms with Gasteiger partial charge in [-0.15, -0.1) is 11.3 Å². The van der Waals surface area contributed by atoms with Crippen molar-refractivity contribution >= 4 is 37.3 Å². The van der Waals surface area contributed by atoms with Gasteiger partial charge < -0.3 is 4.57 Å². The Morgan fingerprint density at radius 2 is 2.20 bits per heavy atom. The Morgan fingerprint density at radius 3 is 2.70 bits per heavy atom. The van der Waals surface area contributed by atoms with E-state index in [1.807, 2.05) is 22.9 Å². The van der Waals surface area contributed by atoms with Crippen LogP contribution in [0.5, 0.6) is 0 Å². The normalized spacial score (nSPS) is 12.2. The summed E-state index contributed by atoms with van der Waals surface area (Å²) in [4.78, 5) is 4.15. The summed E-state index contributed by atoms with van der Waals surface area (Å²) in [6, 6.07) is 1.92. The largest absolute Gasteiger partial charge is 0.334 e. The number of hydrogen-bond donors (Lipinski definition) is 0. The van der Waals surface area contributed by atoms with E-state index in [-0.39, 0.29) is 5.03 Å². The fourth-order valence-corrected chi connectivity index (χ4v) is 4.20. The Kier molecular flexibility index (Phi) is 4.68. The minimum Gasteiger partial charge on any atom is -0.334 e. The Labute approximate surface area is 131 Å². The van der Waals surface area contributed by atoms with Crippen LogP contribution in [0.2, 0.25) is 0 Å². The smallest absolute Gasteiger partial charge is 0.262 e. The lowest BCUT2D eigenvalue weighted by molar-refractivity contribution is 0.464. The molecule has 0 saturated carbocycles. The van der Waals surface area contributed by atoms with Crippen LogP contribution in [0.4, 0.5) is 0 Å². The minimum absolute atomic E-state index is 0.105. The number of imidazole rings is 1. The monoisotopic (exact) mass is 377 g/mol. The highest BCUT2D eigenvalue weighted by Crippen LogP contribution is 2.23. The molecule has 0 aliphatic heterocycles. The lowest BCUT2D eigenvalue weighted by Gasteiger charge is -2.14. The van der Waals surface area contributed by atoms with E-state index in [0.717, 1.165) is 9.35 Å². The second-order valence-electron chi connectivity index (χ2n) is 4.43. The molecule has 2 aromatic heterocycles. The second-order valence-corrected chi connectivity index (χ2v) is 8.71. The summed E-state index contributed by atoms with van der Waals surface area (Å²) in [5.41, 5.74) is 0.958. The molecule has 0 amide bonds. The van der Waals surface area contributed by atoms with Gasteiger partial charge in [-0.1, -0.05) is 0 Å². The van der Waals surface area contributed by atoms with Gasteiger partial charge in [0.25, 0.3) is 10.0 Å². The maximum absolute atomic E-state index is 12.5. The first kappa shape index (κ1) is 15.7. The summed E-state index contributed by atoms with van der Waals surface area (Å²) >= 11 is 4.91. The van der Waals surface area contributed by atoms with Crippen LogP contribution in [0, 0.1) is 6.92 Å². The summed E-state index contributed by atoms with van der Waals surface area (Å²) in [5.74, 6) is 0.706. The zero-order valence-corrected chi connectivity index (χ0v) is 14.7. The predicted molar refractivity (Wildman–Crippen MR) is 83.3 cm³/mol. The molecule has 0 atom stereocenters. The molecule has 0 aliphatic rings. The zero-order valence-electron chi connectivity index (χ0n) is 11.5. The van der Waals surface area contributed by atoms with Crippen molar-refractivity contribution in [3.8, 4) is 0 Å². The topological polar surface area (TPSA) is 55.2 Å². The van der Waals surface area contributed by atoms with E-state index in [0.29, 0.717) is 18.9 Å². The fourth-order valence-electron chi connectivity index (χ4n) is 1.85. The highest BCUT2D eigenvalue weighted by atomic mass is 79.9. The van der Waals surface area contributed by atoms with Crippen LogP contribution in [0.3, 0.4) is 0 Å². The first-order chi connectivity index (χ1) is 9.34. The van der Waals surface area contributed by atoms with Gasteiger partial charge in [0, 0.05) is 26.3 Å². The number of thiophene rings is 1. The summed E-state index contributed by atoms with van der Waals surface area (Å²) < 4.78 is 29.1. The van der Waals surface area contributed by atoms with Gasteiger partial charge in [-0.2, -0.15) is 4.31 Å². The van der Waals surface area contributed by atoms with Gasteiger partial charge in [0.2, 0.25) is 0 Å². The van der Waals surface area contributed by atoms with Crippen molar-refractivity contribution in [2.75, 3.05) is 7.05 Å². The number of halogens is 1. The second kappa shape index (κ2) is 5.97. The van der Waals surface area contributed by atoms with E-state index in [2.05, 4.69) is 20.9 Å². The van der Waals surface area contributed by atoms with Crippen molar-refractivity contribution in [2.24, 2.45) is 0 Å². The molecule has 110 valence electrons. The molecule has 0 radical (unpaired) electrons. The molecule has 0 saturated heterocycles. The van der Waals surface area contributed by atoms with E-state index in [4.69, 9.17) is 0 Å². The van der Waals surface area contributed by atoms with E-state index >= 15 is 0 Å². The quantitative estimate of drug-likeness (QED) is 0.804. The number of nitrogens with zero attached hydrogens (tertiary/aromatic N) is 3. The van der Waals surface area contributed by atoms with Gasteiger partial charge in [0.15, 0.2) is 5.03 Å². The molecule has 0 unspecified atom stereocenters. The summed E-state index contributed by atoms with van der Waals surface area (Å²) in [7, 11) is -1.98. The van der Waals surface area contributed by atoms with Crippen LogP contribution in [0.1, 0.15) is 18.3 Å². The molecule has 0 aliphatic carbocycles. The van der Waals surface area contributed by atoms with Crippen LogP contribution < -0.4 is 0 Å². The Hall–Kier alpha value is -0.700. The SMILES string of the molecule is CCn1cc(S(=O)(=O)N(C)Cc2csc(Br)c2)nc1C. The molecule has 0 bridgehead atoms. The van der Waals surface area contributed by atoms with Crippen LogP contribution in [-0.2, 0) is 23.1 Å². The maximum atomic E-state index is 12.5. The van der Waals surface area contributed by atoms with Gasteiger partial charge in [0.1, 0.15) is 5.82 Å². The van der Waals surface area contributed by atoms with Gasteiger partial charge in [-0.3, -0.25) is 0 Å². The molecule has 5 nitrogen and oxygen atoms in total. The van der Waals surface area contributed by atoms with E-state index < -0.39 is 10.0 Å². The van der Waals surface area contributed by atoms with Crippen molar-refractivity contribution in [1.82, 2.24) is 13.9 Å². The molecule has 2 rings (SSSR count). The molecular weight excluding hydrogens is 362 g/mol. The third kappa shape index (κ3) is 3.13. The molecule has 0 N–H and O–H groups in total. The average molecular weight is 378 g/mol. The van der Waals surface area contributed by atoms with Crippen molar-refractivity contribution in [1.29, 1.82) is 0 Å². The summed E-state index contributed by atoms with van der Waals surface area (Å²) in [6.45, 7) is 4.80. The first-order valence-corrected chi connectivity index (χ1v) is 9.19. The molecule has 20 heavy (non-hydrogen) atoms. The number of sulfonamides is 1. The van der Waals surface area contributed by atoms with Crippen LogP contribution in [0.25, 0.3) is 0 Å². The minimum atomic E-state index is -3.55. The lowest BCUT2D eigenvalue weighted by Crippen LogP contribution is -2.26. The molecule has 0 aromatic carbocycles. The van der Waals surface area contributed by atoms with Gasteiger partial charge in [-0.25, -0.2) is 13.4 Å². The van der Waals surface area contributed by atoms with Crippen LogP contribution in [0.15, 0.2) is 26.5 Å². The first-order valence-electron chi connectivity index (χ1n) is 6.07. The maximum Gasteiger partial charge on any atom is 0.262 e. The average Bonchev–Trinajstić information content (AvgIpc) is 2.95. The molecule has 0 spiro atoms. The van der Waals surface area contributed by atoms with Crippen molar-refractivity contribution < 1.29 is 8.42 Å². The van der Waals surface area contributed by atoms with Crippen LogP contribution in [-0.4, -0.2) is 29.3 Å². The summed E-state index contributed by atoms with van der Waals surface area (Å²) in [6.07, 6.45) is 1.59. The third-order valence-corrected chi connectivity index (χ3v) is 6.22. The molecule has 0 fully saturated rings. The number of aromatic nitrogens is 2. The van der Waals surface area contributed by atoms with Gasteiger partial charge in [-0.05, 0) is 46.8 Å². The Morgan fingerprint density at radius 1 is 1.50 bits per heavy atom. The van der Waals surface area contributed by atoms with Crippen molar-refractivity contribution in [3.63, 3.8) is 0 Å². The van der Waals surface area contributed by atoms with E-state index in [1.54, 1.807) is 20.2 Å². The van der Waals surface area contributed by atoms with Gasteiger partial charge >= 0.3 is 0 Å². The van der Waals surface area contributed by atoms with Crippen LogP contribution >= 0.6 is 27.3 Å². The highest BCUT2D eigenvalue weighted by Gasteiger charge is 2.24. The Balaban J connectivity index is 2.24. The van der Waals surface area contributed by atoms with Crippen molar-refractivity contribution in [2.45, 2.75) is 32.0 Å². The third-order valence-electron chi connectivity index (χ3n) is 3.00. The molecule has 2 aromatic rings. The number of aryl methyl sites for hydroxylation is 2. The number of rotatable bonds is 5. The predicted octanol–water partition coefficient (Wildman–Crippen LogP) is 2.86. The fraction of sp³-hybridized carbons (Fsp3) is 0.417. The summed E-state index contributed by atoms with van der Waals surface area (Å²) in [5, 5.41) is 2.04. The van der Waals surface area contributed by atoms with Gasteiger partial charge in [0.05, 0.1) is 3.79 Å². The molecular formula is C12H16BrN3O2S2. The highest BCUT2D eigenvalue weighted by molar-refractivity contribution is 9.11. The standard InChI is InChI=1S/C12H16BrN3O2S2/c1-4-16-7-12(14-9(16)2)20(17,18)15(3)6-10-5-11(13)19-8-10/h5,7-8H,4,6H2,1-3H3. The zero-order chi connectivity index (χ0) is 14.9. The molecule has 2 heterocycles. The van der Waals surface area contributed by atoms with Crippen molar-refractivity contribution in [3.05, 3.63) is 32.8 Å².